The number of ketones is 2. The summed E-state index contributed by atoms with van der Waals surface area (Å²) in [5.41, 5.74) is 0.632. The van der Waals surface area contributed by atoms with Gasteiger partial charge in [-0.15, -0.1) is 0 Å². The molecule has 0 fully saturated rings. The van der Waals surface area contributed by atoms with Crippen LogP contribution in [0.15, 0.2) is 24.3 Å². The lowest BCUT2D eigenvalue weighted by atomic mass is 9.82. The van der Waals surface area contributed by atoms with E-state index < -0.39 is 11.8 Å². The van der Waals surface area contributed by atoms with Crippen molar-refractivity contribution in [2.24, 2.45) is 5.92 Å². The summed E-state index contributed by atoms with van der Waals surface area (Å²) in [5.74, 6) is -2.23. The van der Waals surface area contributed by atoms with Crippen LogP contribution < -0.4 is 0 Å². The van der Waals surface area contributed by atoms with Crippen LogP contribution in [0.25, 0.3) is 0 Å². The molecule has 1 atom stereocenters. The van der Waals surface area contributed by atoms with E-state index in [2.05, 4.69) is 0 Å². The summed E-state index contributed by atoms with van der Waals surface area (Å²) in [7, 11) is 0. The lowest BCUT2D eigenvalue weighted by Gasteiger charge is -2.16. The van der Waals surface area contributed by atoms with E-state index in [1.165, 1.54) is 13.8 Å². The van der Waals surface area contributed by atoms with E-state index >= 15 is 0 Å². The molecule has 0 saturated carbocycles. The van der Waals surface area contributed by atoms with Gasteiger partial charge in [0.25, 0.3) is 0 Å². The third-order valence-electron chi connectivity index (χ3n) is 2.58. The normalized spacial score (nSPS) is 11.9. The molecule has 0 saturated heterocycles. The SMILES string of the molecule is CC(=O)C(C(C)=O)C(C#N)c1ccc(Cl)cc1. The van der Waals surface area contributed by atoms with Crippen LogP contribution in [0, 0.1) is 17.2 Å². The quantitative estimate of drug-likeness (QED) is 0.771. The van der Waals surface area contributed by atoms with Crippen molar-refractivity contribution in [1.82, 2.24) is 0 Å². The van der Waals surface area contributed by atoms with Gasteiger partial charge in [0.15, 0.2) is 0 Å². The van der Waals surface area contributed by atoms with Crippen LogP contribution >= 0.6 is 11.6 Å². The molecule has 4 heteroatoms. The second kappa shape index (κ2) is 5.60. The molecule has 0 amide bonds. The van der Waals surface area contributed by atoms with E-state index in [0.29, 0.717) is 10.6 Å². The fourth-order valence-corrected chi connectivity index (χ4v) is 1.89. The number of nitriles is 1. The first-order valence-electron chi connectivity index (χ1n) is 5.13. The second-order valence-electron chi connectivity index (χ2n) is 3.86. The summed E-state index contributed by atoms with van der Waals surface area (Å²) in [6.45, 7) is 2.65. The first-order valence-corrected chi connectivity index (χ1v) is 5.51. The molecule has 0 aliphatic rings. The maximum Gasteiger partial charge on any atom is 0.141 e. The van der Waals surface area contributed by atoms with Gasteiger partial charge in [-0.1, -0.05) is 23.7 Å². The monoisotopic (exact) mass is 249 g/mol. The van der Waals surface area contributed by atoms with Gasteiger partial charge in [-0.25, -0.2) is 0 Å². The van der Waals surface area contributed by atoms with Gasteiger partial charge in [-0.2, -0.15) is 5.26 Å². The predicted molar refractivity (Wildman–Crippen MR) is 64.7 cm³/mol. The minimum Gasteiger partial charge on any atom is -0.299 e. The molecule has 0 spiro atoms. The minimum atomic E-state index is -0.902. The van der Waals surface area contributed by atoms with Crippen LogP contribution in [0.5, 0.6) is 0 Å². The van der Waals surface area contributed by atoms with Crippen molar-refractivity contribution in [1.29, 1.82) is 5.26 Å². The summed E-state index contributed by atoms with van der Waals surface area (Å²) in [5, 5.41) is 9.68. The van der Waals surface area contributed by atoms with Gasteiger partial charge >= 0.3 is 0 Å². The lowest BCUT2D eigenvalue weighted by molar-refractivity contribution is -0.130. The number of nitrogens with zero attached hydrogens (tertiary/aromatic N) is 1. The standard InChI is InChI=1S/C13H12ClNO2/c1-8(16)13(9(2)17)12(7-15)10-3-5-11(14)6-4-10/h3-6,12-13H,1-2H3. The molecule has 0 heterocycles. The Hall–Kier alpha value is -1.66. The molecule has 0 N–H and O–H groups in total. The summed E-state index contributed by atoms with van der Waals surface area (Å²) in [6.07, 6.45) is 0. The van der Waals surface area contributed by atoms with Crippen molar-refractivity contribution in [2.45, 2.75) is 19.8 Å². The number of halogens is 1. The number of Topliss-reactive ketones (excluding diaryl/α,β-unsaturated/α-hetero) is 2. The van der Waals surface area contributed by atoms with Crippen molar-refractivity contribution in [3.05, 3.63) is 34.9 Å². The molecule has 88 valence electrons. The topological polar surface area (TPSA) is 57.9 Å². The number of hydrogen-bond acceptors (Lipinski definition) is 3. The lowest BCUT2D eigenvalue weighted by Crippen LogP contribution is -2.26. The number of hydrogen-bond donors (Lipinski definition) is 0. The maximum absolute atomic E-state index is 11.4. The van der Waals surface area contributed by atoms with Crippen molar-refractivity contribution >= 4 is 23.2 Å². The zero-order chi connectivity index (χ0) is 13.0. The molecule has 17 heavy (non-hydrogen) atoms. The summed E-state index contributed by atoms with van der Waals surface area (Å²) < 4.78 is 0. The van der Waals surface area contributed by atoms with Gasteiger partial charge in [-0.3, -0.25) is 9.59 Å². The van der Waals surface area contributed by atoms with Crippen molar-refractivity contribution in [2.75, 3.05) is 0 Å². The Morgan fingerprint density at radius 2 is 1.65 bits per heavy atom. The van der Waals surface area contributed by atoms with E-state index in [0.717, 1.165) is 0 Å². The number of carbonyl (C=O) groups is 2. The molecule has 0 aliphatic carbocycles. The number of carbonyl (C=O) groups excluding carboxylic acids is 2. The molecular formula is C13H12ClNO2. The van der Waals surface area contributed by atoms with Crippen LogP contribution in [0.3, 0.4) is 0 Å². The fraction of sp³-hybridized carbons (Fsp3) is 0.308. The molecule has 1 aromatic carbocycles. The summed E-state index contributed by atoms with van der Waals surface area (Å²) in [4.78, 5) is 22.9. The van der Waals surface area contributed by atoms with Crippen LogP contribution in [0.1, 0.15) is 25.3 Å². The Morgan fingerprint density at radius 1 is 1.18 bits per heavy atom. The van der Waals surface area contributed by atoms with Gasteiger partial charge in [0.1, 0.15) is 11.6 Å². The summed E-state index contributed by atoms with van der Waals surface area (Å²) in [6, 6.07) is 8.61. The van der Waals surface area contributed by atoms with Gasteiger partial charge < -0.3 is 0 Å². The maximum atomic E-state index is 11.4. The average Bonchev–Trinajstić information content (AvgIpc) is 2.26. The molecule has 0 bridgehead atoms. The number of rotatable bonds is 4. The Labute approximate surface area is 105 Å². The highest BCUT2D eigenvalue weighted by Gasteiger charge is 2.30. The van der Waals surface area contributed by atoms with Crippen LogP contribution in [-0.4, -0.2) is 11.6 Å². The van der Waals surface area contributed by atoms with E-state index in [9.17, 15) is 9.59 Å². The van der Waals surface area contributed by atoms with Crippen molar-refractivity contribution in [3.8, 4) is 6.07 Å². The Bertz CT molecular complexity index is 459. The highest BCUT2D eigenvalue weighted by Crippen LogP contribution is 2.26. The largest absolute Gasteiger partial charge is 0.299 e. The zero-order valence-corrected chi connectivity index (χ0v) is 10.4. The average molecular weight is 250 g/mol. The van der Waals surface area contributed by atoms with E-state index in [-0.39, 0.29) is 11.6 Å². The molecule has 0 aromatic heterocycles. The van der Waals surface area contributed by atoms with Crippen molar-refractivity contribution < 1.29 is 9.59 Å². The zero-order valence-electron chi connectivity index (χ0n) is 9.61. The van der Waals surface area contributed by atoms with Gasteiger partial charge in [-0.05, 0) is 31.5 Å². The van der Waals surface area contributed by atoms with Gasteiger partial charge in [0, 0.05) is 5.02 Å². The van der Waals surface area contributed by atoms with Gasteiger partial charge in [0.05, 0.1) is 17.9 Å². The van der Waals surface area contributed by atoms with Crippen molar-refractivity contribution in [3.63, 3.8) is 0 Å². The smallest absolute Gasteiger partial charge is 0.141 e. The van der Waals surface area contributed by atoms with E-state index in [4.69, 9.17) is 16.9 Å². The molecule has 0 radical (unpaired) electrons. The van der Waals surface area contributed by atoms with E-state index in [1.807, 2.05) is 6.07 Å². The summed E-state index contributed by atoms with van der Waals surface area (Å²) >= 11 is 5.75. The Balaban J connectivity index is 3.14. The third-order valence-corrected chi connectivity index (χ3v) is 2.83. The molecule has 0 aliphatic heterocycles. The first-order chi connectivity index (χ1) is 7.97. The highest BCUT2D eigenvalue weighted by atomic mass is 35.5. The second-order valence-corrected chi connectivity index (χ2v) is 4.29. The molecule has 1 aromatic rings. The first kappa shape index (κ1) is 13.4. The minimum absolute atomic E-state index is 0.293. The number of benzene rings is 1. The predicted octanol–water partition coefficient (Wildman–Crippen LogP) is 2.74. The Kier molecular flexibility index (Phi) is 4.42. The molecule has 1 unspecified atom stereocenters. The van der Waals surface area contributed by atoms with Gasteiger partial charge in [0.2, 0.25) is 0 Å². The van der Waals surface area contributed by atoms with E-state index in [1.54, 1.807) is 24.3 Å². The highest BCUT2D eigenvalue weighted by molar-refractivity contribution is 6.30. The Morgan fingerprint density at radius 3 is 2.00 bits per heavy atom. The fourth-order valence-electron chi connectivity index (χ4n) is 1.77. The van der Waals surface area contributed by atoms with Crippen LogP contribution in [-0.2, 0) is 9.59 Å². The molecular weight excluding hydrogens is 238 g/mol. The molecule has 1 rings (SSSR count). The van der Waals surface area contributed by atoms with Crippen LogP contribution in [0.2, 0.25) is 5.02 Å². The molecule has 3 nitrogen and oxygen atoms in total. The third kappa shape index (κ3) is 3.15. The van der Waals surface area contributed by atoms with Crippen LogP contribution in [0.4, 0.5) is 0 Å².